The van der Waals surface area contributed by atoms with E-state index in [2.05, 4.69) is 15.5 Å². The van der Waals surface area contributed by atoms with Crippen molar-refractivity contribution in [1.29, 1.82) is 0 Å². The summed E-state index contributed by atoms with van der Waals surface area (Å²) in [5.41, 5.74) is 6.74. The van der Waals surface area contributed by atoms with E-state index in [-0.39, 0.29) is 32.8 Å². The van der Waals surface area contributed by atoms with Gasteiger partial charge in [0.05, 0.1) is 11.4 Å². The second-order valence-corrected chi connectivity index (χ2v) is 9.60. The smallest absolute Gasteiger partial charge is 0.382 e. The fourth-order valence-electron chi connectivity index (χ4n) is 4.03. The number of nitrogens with one attached hydrogen (secondary N) is 1. The van der Waals surface area contributed by atoms with Gasteiger partial charge in [-0.3, -0.25) is 9.59 Å². The SMILES string of the molecule is Cc1ccc(-c2cc(C(F)(F)F)nc3sc(C(N)=O)c(NC(=O)C4CC(c5ccc(F)cc5)=NO4)c23)cc1. The molecule has 1 aliphatic rings. The van der Waals surface area contributed by atoms with Gasteiger partial charge in [-0.25, -0.2) is 9.37 Å². The number of nitrogens with zero attached hydrogens (tertiary/aromatic N) is 2. The van der Waals surface area contributed by atoms with Gasteiger partial charge < -0.3 is 15.9 Å². The molecule has 0 aliphatic carbocycles. The predicted molar refractivity (Wildman–Crippen MR) is 134 cm³/mol. The number of pyridine rings is 1. The third-order valence-corrected chi connectivity index (χ3v) is 7.02. The van der Waals surface area contributed by atoms with Gasteiger partial charge in [0.2, 0.25) is 6.10 Å². The molecule has 1 atom stereocenters. The predicted octanol–water partition coefficient (Wildman–Crippen LogP) is 5.66. The van der Waals surface area contributed by atoms with Gasteiger partial charge in [0, 0.05) is 11.8 Å². The van der Waals surface area contributed by atoms with Crippen LogP contribution in [0.4, 0.5) is 23.2 Å². The molecule has 3 N–H and O–H groups in total. The van der Waals surface area contributed by atoms with Crippen molar-refractivity contribution in [1.82, 2.24) is 4.98 Å². The van der Waals surface area contributed by atoms with Crippen LogP contribution in [0.3, 0.4) is 0 Å². The lowest BCUT2D eigenvalue weighted by Crippen LogP contribution is -2.29. The zero-order valence-corrected chi connectivity index (χ0v) is 20.4. The van der Waals surface area contributed by atoms with Crippen LogP contribution in [-0.4, -0.2) is 28.6 Å². The van der Waals surface area contributed by atoms with Crippen molar-refractivity contribution >= 4 is 44.8 Å². The number of benzene rings is 2. The van der Waals surface area contributed by atoms with Gasteiger partial charge in [0.25, 0.3) is 11.8 Å². The van der Waals surface area contributed by atoms with E-state index in [1.165, 1.54) is 24.3 Å². The van der Waals surface area contributed by atoms with E-state index in [0.29, 0.717) is 28.2 Å². The fraction of sp³-hybridized carbons (Fsp3) is 0.154. The molecule has 4 aromatic rings. The van der Waals surface area contributed by atoms with Crippen molar-refractivity contribution in [2.75, 3.05) is 5.32 Å². The largest absolute Gasteiger partial charge is 0.433 e. The van der Waals surface area contributed by atoms with Crippen molar-refractivity contribution in [3.05, 3.63) is 82.1 Å². The highest BCUT2D eigenvalue weighted by Gasteiger charge is 2.36. The molecule has 12 heteroatoms. The van der Waals surface area contributed by atoms with Gasteiger partial charge in [-0.05, 0) is 41.8 Å². The van der Waals surface area contributed by atoms with Crippen LogP contribution in [0.2, 0.25) is 0 Å². The van der Waals surface area contributed by atoms with E-state index in [0.717, 1.165) is 11.6 Å². The fourth-order valence-corrected chi connectivity index (χ4v) is 5.04. The van der Waals surface area contributed by atoms with E-state index in [4.69, 9.17) is 10.6 Å². The molecule has 0 fully saturated rings. The summed E-state index contributed by atoms with van der Waals surface area (Å²) in [7, 11) is 0. The zero-order chi connectivity index (χ0) is 27.2. The monoisotopic (exact) mass is 542 g/mol. The van der Waals surface area contributed by atoms with Crippen molar-refractivity contribution in [2.45, 2.75) is 25.6 Å². The molecule has 0 radical (unpaired) electrons. The first kappa shape index (κ1) is 25.3. The van der Waals surface area contributed by atoms with E-state index in [1.807, 2.05) is 6.92 Å². The lowest BCUT2D eigenvalue weighted by atomic mass is 9.99. The minimum Gasteiger partial charge on any atom is -0.382 e. The number of halogens is 4. The molecule has 0 saturated carbocycles. The van der Waals surface area contributed by atoms with Crippen LogP contribution in [0, 0.1) is 12.7 Å². The number of hydrogen-bond donors (Lipinski definition) is 2. The Kier molecular flexibility index (Phi) is 6.35. The van der Waals surface area contributed by atoms with Gasteiger partial charge in [-0.1, -0.05) is 47.1 Å². The summed E-state index contributed by atoms with van der Waals surface area (Å²) in [6, 6.07) is 13.1. The summed E-state index contributed by atoms with van der Waals surface area (Å²) < 4.78 is 54.3. The maximum Gasteiger partial charge on any atom is 0.433 e. The minimum absolute atomic E-state index is 0.0483. The average Bonchev–Trinajstić information content (AvgIpc) is 3.50. The number of carbonyl (C=O) groups is 2. The lowest BCUT2D eigenvalue weighted by molar-refractivity contribution is -0.140. The Bertz CT molecular complexity index is 1600. The highest BCUT2D eigenvalue weighted by molar-refractivity contribution is 7.21. The van der Waals surface area contributed by atoms with E-state index < -0.39 is 35.6 Å². The first-order chi connectivity index (χ1) is 18.0. The number of anilines is 1. The standard InChI is InChI=1S/C26H18F4N4O3S/c1-12-2-4-13(5-3-12)16-10-19(26(28,29)30)32-25-20(16)21(22(38-25)23(31)35)33-24(36)18-11-17(34-37-18)14-6-8-15(27)9-7-14/h2-10,18H,11H2,1H3,(H2,31,35)(H,33,36). The van der Waals surface area contributed by atoms with Crippen LogP contribution in [0.25, 0.3) is 21.3 Å². The van der Waals surface area contributed by atoms with Crippen molar-refractivity contribution < 1.29 is 32.0 Å². The second kappa shape index (κ2) is 9.53. The molecule has 2 aromatic carbocycles. The van der Waals surface area contributed by atoms with Crippen molar-refractivity contribution in [3.8, 4) is 11.1 Å². The van der Waals surface area contributed by atoms with Gasteiger partial charge in [0.1, 0.15) is 21.2 Å². The van der Waals surface area contributed by atoms with Gasteiger partial charge in [-0.2, -0.15) is 13.2 Å². The Balaban J connectivity index is 1.56. The number of alkyl halides is 3. The Morgan fingerprint density at radius 2 is 1.74 bits per heavy atom. The molecule has 0 saturated heterocycles. The molecule has 2 amide bonds. The number of oxime groups is 1. The van der Waals surface area contributed by atoms with Gasteiger partial charge >= 0.3 is 6.18 Å². The summed E-state index contributed by atoms with van der Waals surface area (Å²) in [5.74, 6) is -2.07. The number of rotatable bonds is 5. The highest BCUT2D eigenvalue weighted by Crippen LogP contribution is 2.43. The molecular formula is C26H18F4N4O3S. The van der Waals surface area contributed by atoms with Crippen LogP contribution in [-0.2, 0) is 15.8 Å². The van der Waals surface area contributed by atoms with Gasteiger partial charge in [-0.15, -0.1) is 11.3 Å². The third kappa shape index (κ3) is 4.82. The molecule has 3 heterocycles. The van der Waals surface area contributed by atoms with Gasteiger partial charge in [0.15, 0.2) is 0 Å². The summed E-state index contributed by atoms with van der Waals surface area (Å²) in [6.45, 7) is 1.83. The first-order valence-corrected chi connectivity index (χ1v) is 12.0. The third-order valence-electron chi connectivity index (χ3n) is 5.93. The summed E-state index contributed by atoms with van der Waals surface area (Å²) >= 11 is 0.652. The molecule has 194 valence electrons. The summed E-state index contributed by atoms with van der Waals surface area (Å²) in [5, 5.41) is 6.66. The van der Waals surface area contributed by atoms with E-state index >= 15 is 0 Å². The maximum absolute atomic E-state index is 13.7. The number of hydrogen-bond acceptors (Lipinski definition) is 6. The molecule has 0 bridgehead atoms. The van der Waals surface area contributed by atoms with Crippen molar-refractivity contribution in [3.63, 3.8) is 0 Å². The molecule has 0 spiro atoms. The Morgan fingerprint density at radius 1 is 1.08 bits per heavy atom. The molecule has 2 aromatic heterocycles. The molecule has 38 heavy (non-hydrogen) atoms. The Morgan fingerprint density at radius 3 is 2.37 bits per heavy atom. The van der Waals surface area contributed by atoms with Crippen LogP contribution in [0.15, 0.2) is 59.8 Å². The Hall–Kier alpha value is -4.32. The number of fused-ring (bicyclic) bond motifs is 1. The van der Waals surface area contributed by atoms with Crippen LogP contribution < -0.4 is 11.1 Å². The lowest BCUT2D eigenvalue weighted by Gasteiger charge is -2.14. The number of amides is 2. The normalized spacial score (nSPS) is 15.3. The second-order valence-electron chi connectivity index (χ2n) is 8.60. The number of aryl methyl sites for hydroxylation is 1. The molecule has 1 unspecified atom stereocenters. The van der Waals surface area contributed by atoms with Crippen molar-refractivity contribution in [2.24, 2.45) is 10.9 Å². The molecule has 7 nitrogen and oxygen atoms in total. The average molecular weight is 543 g/mol. The first-order valence-electron chi connectivity index (χ1n) is 11.2. The Labute approximate surface area is 216 Å². The molecule has 5 rings (SSSR count). The number of thiophene rings is 1. The van der Waals surface area contributed by atoms with Crippen LogP contribution in [0.1, 0.15) is 32.9 Å². The quantitative estimate of drug-likeness (QED) is 0.318. The van der Waals surface area contributed by atoms with E-state index in [1.54, 1.807) is 24.3 Å². The number of aromatic nitrogens is 1. The zero-order valence-electron chi connectivity index (χ0n) is 19.6. The number of carbonyl (C=O) groups excluding carboxylic acids is 2. The summed E-state index contributed by atoms with van der Waals surface area (Å²) in [6.07, 6.45) is -5.80. The highest BCUT2D eigenvalue weighted by atomic mass is 32.1. The number of nitrogens with two attached hydrogens (primary N) is 1. The van der Waals surface area contributed by atoms with E-state index in [9.17, 15) is 27.2 Å². The summed E-state index contributed by atoms with van der Waals surface area (Å²) in [4.78, 5) is 34.2. The topological polar surface area (TPSA) is 107 Å². The molecule has 1 aliphatic heterocycles. The minimum atomic E-state index is -4.75. The molecular weight excluding hydrogens is 524 g/mol. The number of primary amides is 1. The van der Waals surface area contributed by atoms with Crippen LogP contribution >= 0.6 is 11.3 Å². The van der Waals surface area contributed by atoms with Crippen LogP contribution in [0.5, 0.6) is 0 Å². The maximum atomic E-state index is 13.7.